The summed E-state index contributed by atoms with van der Waals surface area (Å²) >= 11 is 0. The SMILES string of the molecule is COc1ccc(C2NNCC2CNC2(c3ccc(OC)cc3)CCCC2)cc1. The molecule has 0 radical (unpaired) electrons. The van der Waals surface area contributed by atoms with E-state index in [9.17, 15) is 0 Å². The van der Waals surface area contributed by atoms with Gasteiger partial charge in [-0.1, -0.05) is 37.1 Å². The highest BCUT2D eigenvalue weighted by Gasteiger charge is 2.37. The van der Waals surface area contributed by atoms with E-state index < -0.39 is 0 Å². The first-order valence-corrected chi connectivity index (χ1v) is 10.3. The van der Waals surface area contributed by atoms with Gasteiger partial charge in [0.15, 0.2) is 0 Å². The molecule has 3 N–H and O–H groups in total. The Hall–Kier alpha value is -2.08. The first kappa shape index (κ1) is 19.2. The molecule has 2 aliphatic rings. The van der Waals surface area contributed by atoms with Gasteiger partial charge in [0.2, 0.25) is 0 Å². The van der Waals surface area contributed by atoms with Crippen molar-refractivity contribution >= 4 is 0 Å². The molecule has 2 atom stereocenters. The lowest BCUT2D eigenvalue weighted by molar-refractivity contribution is 0.303. The van der Waals surface area contributed by atoms with Crippen LogP contribution in [0.25, 0.3) is 0 Å². The predicted molar refractivity (Wildman–Crippen MR) is 112 cm³/mol. The zero-order valence-corrected chi connectivity index (χ0v) is 16.8. The Morgan fingerprint density at radius 2 is 1.54 bits per heavy atom. The Balaban J connectivity index is 1.47. The Morgan fingerprint density at radius 1 is 0.929 bits per heavy atom. The average molecular weight is 382 g/mol. The van der Waals surface area contributed by atoms with Crippen LogP contribution in [-0.2, 0) is 5.54 Å². The fourth-order valence-corrected chi connectivity index (χ4v) is 4.68. The minimum atomic E-state index is 0.0827. The van der Waals surface area contributed by atoms with Gasteiger partial charge in [-0.25, -0.2) is 5.43 Å². The Kier molecular flexibility index (Phi) is 5.85. The molecule has 0 spiro atoms. The normalized spacial score (nSPS) is 23.6. The van der Waals surface area contributed by atoms with Gasteiger partial charge in [0.25, 0.3) is 0 Å². The van der Waals surface area contributed by atoms with Gasteiger partial charge >= 0.3 is 0 Å². The maximum absolute atomic E-state index is 5.34. The number of hydrogen-bond donors (Lipinski definition) is 3. The van der Waals surface area contributed by atoms with Crippen LogP contribution in [0.4, 0.5) is 0 Å². The van der Waals surface area contributed by atoms with Gasteiger partial charge < -0.3 is 14.8 Å². The fraction of sp³-hybridized carbons (Fsp3) is 0.478. The zero-order chi connectivity index (χ0) is 19.4. The molecule has 4 rings (SSSR count). The van der Waals surface area contributed by atoms with Crippen LogP contribution in [0.1, 0.15) is 42.9 Å². The molecule has 5 heteroatoms. The van der Waals surface area contributed by atoms with E-state index in [4.69, 9.17) is 9.47 Å². The molecular weight excluding hydrogens is 350 g/mol. The highest BCUT2D eigenvalue weighted by atomic mass is 16.5. The summed E-state index contributed by atoms with van der Waals surface area (Å²) in [5.74, 6) is 2.30. The van der Waals surface area contributed by atoms with E-state index in [-0.39, 0.29) is 5.54 Å². The van der Waals surface area contributed by atoms with Gasteiger partial charge in [-0.2, -0.15) is 0 Å². The van der Waals surface area contributed by atoms with Crippen molar-refractivity contribution in [2.24, 2.45) is 5.92 Å². The first-order valence-electron chi connectivity index (χ1n) is 10.3. The summed E-state index contributed by atoms with van der Waals surface area (Å²) in [6, 6.07) is 17.3. The van der Waals surface area contributed by atoms with Crippen molar-refractivity contribution in [3.8, 4) is 11.5 Å². The van der Waals surface area contributed by atoms with Gasteiger partial charge in [-0.15, -0.1) is 0 Å². The lowest BCUT2D eigenvalue weighted by Gasteiger charge is -2.33. The molecule has 2 unspecified atom stereocenters. The third-order valence-corrected chi connectivity index (χ3v) is 6.37. The number of rotatable bonds is 7. The van der Waals surface area contributed by atoms with Crippen molar-refractivity contribution in [3.05, 3.63) is 59.7 Å². The maximum Gasteiger partial charge on any atom is 0.118 e. The maximum atomic E-state index is 5.34. The molecule has 0 aromatic heterocycles. The summed E-state index contributed by atoms with van der Waals surface area (Å²) in [4.78, 5) is 0. The van der Waals surface area contributed by atoms with E-state index in [0.717, 1.165) is 24.6 Å². The van der Waals surface area contributed by atoms with Crippen molar-refractivity contribution in [1.29, 1.82) is 0 Å². The summed E-state index contributed by atoms with van der Waals surface area (Å²) in [5, 5.41) is 3.97. The van der Waals surface area contributed by atoms with Crippen LogP contribution in [0.3, 0.4) is 0 Å². The van der Waals surface area contributed by atoms with Gasteiger partial charge in [0.05, 0.1) is 20.3 Å². The third-order valence-electron chi connectivity index (χ3n) is 6.37. The van der Waals surface area contributed by atoms with Gasteiger partial charge in [0.1, 0.15) is 11.5 Å². The van der Waals surface area contributed by atoms with Gasteiger partial charge in [0, 0.05) is 24.5 Å². The number of methoxy groups -OCH3 is 2. The number of hydrogen-bond acceptors (Lipinski definition) is 5. The molecular formula is C23H31N3O2. The number of nitrogens with one attached hydrogen (secondary N) is 3. The highest BCUT2D eigenvalue weighted by Crippen LogP contribution is 2.40. The van der Waals surface area contributed by atoms with E-state index in [0.29, 0.717) is 12.0 Å². The van der Waals surface area contributed by atoms with Crippen LogP contribution in [0.5, 0.6) is 11.5 Å². The van der Waals surface area contributed by atoms with E-state index in [1.807, 2.05) is 12.1 Å². The van der Waals surface area contributed by atoms with Crippen LogP contribution in [0, 0.1) is 5.92 Å². The monoisotopic (exact) mass is 381 g/mol. The van der Waals surface area contributed by atoms with E-state index in [1.165, 1.54) is 36.8 Å². The number of hydrazine groups is 1. The zero-order valence-electron chi connectivity index (χ0n) is 16.8. The second kappa shape index (κ2) is 8.52. The molecule has 1 aliphatic carbocycles. The quantitative estimate of drug-likeness (QED) is 0.685. The molecule has 1 heterocycles. The molecule has 1 saturated carbocycles. The van der Waals surface area contributed by atoms with Crippen LogP contribution in [0.15, 0.2) is 48.5 Å². The molecule has 1 saturated heterocycles. The van der Waals surface area contributed by atoms with Gasteiger partial charge in [-0.05, 0) is 48.2 Å². The molecule has 5 nitrogen and oxygen atoms in total. The van der Waals surface area contributed by atoms with Crippen molar-refractivity contribution in [3.63, 3.8) is 0 Å². The van der Waals surface area contributed by atoms with Crippen molar-refractivity contribution in [1.82, 2.24) is 16.2 Å². The van der Waals surface area contributed by atoms with Crippen LogP contribution in [-0.4, -0.2) is 27.3 Å². The minimum Gasteiger partial charge on any atom is -0.497 e. The Morgan fingerprint density at radius 3 is 2.14 bits per heavy atom. The molecule has 28 heavy (non-hydrogen) atoms. The standard InChI is InChI=1S/C23H31N3O2/c1-27-20-9-5-17(6-10-20)22-18(16-25-26-22)15-24-23(13-3-4-14-23)19-7-11-21(28-2)12-8-19/h5-12,18,22,24-26H,3-4,13-16H2,1-2H3. The van der Waals surface area contributed by atoms with Gasteiger partial charge in [-0.3, -0.25) is 5.43 Å². The lowest BCUT2D eigenvalue weighted by atomic mass is 9.86. The summed E-state index contributed by atoms with van der Waals surface area (Å²) in [6.45, 7) is 1.94. The highest BCUT2D eigenvalue weighted by molar-refractivity contribution is 5.33. The largest absolute Gasteiger partial charge is 0.497 e. The van der Waals surface area contributed by atoms with Crippen LogP contribution in [0.2, 0.25) is 0 Å². The minimum absolute atomic E-state index is 0.0827. The number of ether oxygens (including phenoxy) is 2. The van der Waals surface area contributed by atoms with Crippen molar-refractivity contribution in [2.45, 2.75) is 37.3 Å². The van der Waals surface area contributed by atoms with E-state index in [1.54, 1.807) is 14.2 Å². The number of benzene rings is 2. The summed E-state index contributed by atoms with van der Waals surface area (Å²) in [5.41, 5.74) is 9.57. The molecule has 150 valence electrons. The first-order chi connectivity index (χ1) is 13.7. The molecule has 2 aromatic rings. The third kappa shape index (κ3) is 3.88. The lowest BCUT2D eigenvalue weighted by Crippen LogP contribution is -2.43. The molecule has 2 fully saturated rings. The average Bonchev–Trinajstić information content (AvgIpc) is 3.43. The Bertz CT molecular complexity index is 754. The van der Waals surface area contributed by atoms with Crippen LogP contribution < -0.4 is 25.6 Å². The topological polar surface area (TPSA) is 54.5 Å². The smallest absolute Gasteiger partial charge is 0.118 e. The molecule has 0 bridgehead atoms. The van der Waals surface area contributed by atoms with Crippen molar-refractivity contribution in [2.75, 3.05) is 27.3 Å². The van der Waals surface area contributed by atoms with Crippen LogP contribution >= 0.6 is 0 Å². The molecule has 1 aliphatic heterocycles. The second-order valence-corrected chi connectivity index (χ2v) is 7.93. The van der Waals surface area contributed by atoms with E-state index in [2.05, 4.69) is 52.6 Å². The van der Waals surface area contributed by atoms with E-state index >= 15 is 0 Å². The molecule has 2 aromatic carbocycles. The predicted octanol–water partition coefficient (Wildman–Crippen LogP) is 3.53. The summed E-state index contributed by atoms with van der Waals surface area (Å²) in [7, 11) is 3.43. The molecule has 0 amide bonds. The summed E-state index contributed by atoms with van der Waals surface area (Å²) in [6.07, 6.45) is 4.95. The van der Waals surface area contributed by atoms with Crippen molar-refractivity contribution < 1.29 is 9.47 Å². The summed E-state index contributed by atoms with van der Waals surface area (Å²) < 4.78 is 10.6. The Labute approximate surface area is 167 Å². The second-order valence-electron chi connectivity index (χ2n) is 7.93. The fourth-order valence-electron chi connectivity index (χ4n) is 4.68.